The van der Waals surface area contributed by atoms with Gasteiger partial charge in [0.15, 0.2) is 0 Å². The largest absolute Gasteiger partial charge is 0.320 e. The third-order valence-corrected chi connectivity index (χ3v) is 2.75. The van der Waals surface area contributed by atoms with E-state index in [1.165, 1.54) is 24.3 Å². The average Bonchev–Trinajstić information content (AvgIpc) is 2.33. The van der Waals surface area contributed by atoms with Gasteiger partial charge in [0.05, 0.1) is 5.69 Å². The van der Waals surface area contributed by atoms with E-state index in [-0.39, 0.29) is 11.7 Å². The molecule has 2 rings (SSSR count). The molecule has 0 atom stereocenters. The van der Waals surface area contributed by atoms with Crippen LogP contribution in [0.5, 0.6) is 0 Å². The number of pyridine rings is 1. The van der Waals surface area contributed by atoms with Gasteiger partial charge in [-0.2, -0.15) is 0 Å². The molecule has 0 saturated heterocycles. The molecule has 0 bridgehead atoms. The van der Waals surface area contributed by atoms with Crippen LogP contribution >= 0.6 is 15.9 Å². The Balaban J connectivity index is 2.17. The summed E-state index contributed by atoms with van der Waals surface area (Å²) in [6, 6.07) is 8.77. The molecule has 0 aliphatic rings. The Morgan fingerprint density at radius 2 is 1.94 bits per heavy atom. The van der Waals surface area contributed by atoms with Crippen LogP contribution in [0.1, 0.15) is 10.4 Å². The Kier molecular flexibility index (Phi) is 3.49. The summed E-state index contributed by atoms with van der Waals surface area (Å²) in [6.07, 6.45) is 1.61. The number of benzene rings is 1. The number of carbonyl (C=O) groups excluding carboxylic acids is 1. The number of hydrogen-bond donors (Lipinski definition) is 1. The van der Waals surface area contributed by atoms with Gasteiger partial charge >= 0.3 is 0 Å². The standard InChI is InChI=1S/C12H8BrFN2O/c13-11-10(2-1-7-15-11)16-12(17)8-3-5-9(14)6-4-8/h1-7H,(H,16,17). The van der Waals surface area contributed by atoms with Crippen LogP contribution < -0.4 is 5.32 Å². The maximum Gasteiger partial charge on any atom is 0.255 e. The minimum Gasteiger partial charge on any atom is -0.320 e. The average molecular weight is 295 g/mol. The predicted octanol–water partition coefficient (Wildman–Crippen LogP) is 3.24. The highest BCUT2D eigenvalue weighted by atomic mass is 79.9. The number of rotatable bonds is 2. The number of halogens is 2. The smallest absolute Gasteiger partial charge is 0.255 e. The summed E-state index contributed by atoms with van der Waals surface area (Å²) >= 11 is 3.22. The number of amides is 1. The molecule has 0 fully saturated rings. The second-order valence-corrected chi connectivity index (χ2v) is 4.05. The molecule has 5 heteroatoms. The summed E-state index contributed by atoms with van der Waals surface area (Å²) in [6.45, 7) is 0. The molecule has 0 unspecified atom stereocenters. The monoisotopic (exact) mass is 294 g/mol. The van der Waals surface area contributed by atoms with E-state index in [9.17, 15) is 9.18 Å². The number of aromatic nitrogens is 1. The SMILES string of the molecule is O=C(Nc1cccnc1Br)c1ccc(F)cc1. The molecule has 0 radical (unpaired) electrons. The zero-order valence-electron chi connectivity index (χ0n) is 8.65. The van der Waals surface area contributed by atoms with E-state index in [1.54, 1.807) is 18.3 Å². The molecule has 0 saturated carbocycles. The fourth-order valence-corrected chi connectivity index (χ4v) is 1.62. The molecule has 0 aliphatic heterocycles. The first-order chi connectivity index (χ1) is 8.16. The van der Waals surface area contributed by atoms with Crippen LogP contribution in [0.4, 0.5) is 10.1 Å². The van der Waals surface area contributed by atoms with Gasteiger partial charge in [-0.15, -0.1) is 0 Å². The maximum absolute atomic E-state index is 12.7. The van der Waals surface area contributed by atoms with Crippen LogP contribution in [-0.2, 0) is 0 Å². The van der Waals surface area contributed by atoms with Crippen molar-refractivity contribution < 1.29 is 9.18 Å². The molecule has 1 heterocycles. The quantitative estimate of drug-likeness (QED) is 0.864. The molecular formula is C12H8BrFN2O. The van der Waals surface area contributed by atoms with E-state index in [4.69, 9.17) is 0 Å². The summed E-state index contributed by atoms with van der Waals surface area (Å²) in [5.41, 5.74) is 0.962. The van der Waals surface area contributed by atoms with Gasteiger partial charge in [0.25, 0.3) is 5.91 Å². The first-order valence-electron chi connectivity index (χ1n) is 4.84. The molecule has 3 nitrogen and oxygen atoms in total. The fraction of sp³-hybridized carbons (Fsp3) is 0. The molecule has 17 heavy (non-hydrogen) atoms. The van der Waals surface area contributed by atoms with Gasteiger partial charge in [-0.25, -0.2) is 9.37 Å². The lowest BCUT2D eigenvalue weighted by atomic mass is 10.2. The Bertz CT molecular complexity index is 542. The Hall–Kier alpha value is -1.75. The number of anilines is 1. The molecular weight excluding hydrogens is 287 g/mol. The fourth-order valence-electron chi connectivity index (χ4n) is 1.28. The van der Waals surface area contributed by atoms with Crippen molar-refractivity contribution in [2.45, 2.75) is 0 Å². The van der Waals surface area contributed by atoms with Crippen molar-refractivity contribution in [1.82, 2.24) is 4.98 Å². The number of nitrogens with one attached hydrogen (secondary N) is 1. The summed E-state index contributed by atoms with van der Waals surface area (Å²) in [5.74, 6) is -0.678. The third-order valence-electron chi connectivity index (χ3n) is 2.11. The topological polar surface area (TPSA) is 42.0 Å². The first kappa shape index (κ1) is 11.7. The zero-order chi connectivity index (χ0) is 12.3. The van der Waals surface area contributed by atoms with Crippen LogP contribution in [0.2, 0.25) is 0 Å². The normalized spacial score (nSPS) is 10.0. The first-order valence-corrected chi connectivity index (χ1v) is 5.63. The molecule has 86 valence electrons. The maximum atomic E-state index is 12.7. The van der Waals surface area contributed by atoms with Crippen molar-refractivity contribution in [1.29, 1.82) is 0 Å². The minimum atomic E-state index is -0.371. The molecule has 2 aromatic rings. The van der Waals surface area contributed by atoms with E-state index in [0.717, 1.165) is 0 Å². The van der Waals surface area contributed by atoms with Gasteiger partial charge in [0.1, 0.15) is 10.4 Å². The third kappa shape index (κ3) is 2.88. The van der Waals surface area contributed by atoms with Gasteiger partial charge in [-0.1, -0.05) is 0 Å². The summed E-state index contributed by atoms with van der Waals surface area (Å²) in [4.78, 5) is 15.8. The van der Waals surface area contributed by atoms with Gasteiger partial charge in [-0.3, -0.25) is 4.79 Å². The number of nitrogens with zero attached hydrogens (tertiary/aromatic N) is 1. The van der Waals surface area contributed by atoms with Gasteiger partial charge in [-0.05, 0) is 52.3 Å². The second kappa shape index (κ2) is 5.05. The van der Waals surface area contributed by atoms with E-state index >= 15 is 0 Å². The zero-order valence-corrected chi connectivity index (χ0v) is 10.2. The molecule has 0 spiro atoms. The summed E-state index contributed by atoms with van der Waals surface area (Å²) < 4.78 is 13.2. The van der Waals surface area contributed by atoms with Crippen molar-refractivity contribution in [2.75, 3.05) is 5.32 Å². The molecule has 1 amide bonds. The minimum absolute atomic E-state index is 0.307. The van der Waals surface area contributed by atoms with Crippen LogP contribution in [-0.4, -0.2) is 10.9 Å². The molecule has 1 aromatic carbocycles. The van der Waals surface area contributed by atoms with Crippen LogP contribution in [0.15, 0.2) is 47.2 Å². The Labute approximate surface area is 106 Å². The van der Waals surface area contributed by atoms with Gasteiger partial charge in [0.2, 0.25) is 0 Å². The van der Waals surface area contributed by atoms with E-state index < -0.39 is 0 Å². The second-order valence-electron chi connectivity index (χ2n) is 3.30. The lowest BCUT2D eigenvalue weighted by Crippen LogP contribution is -2.12. The van der Waals surface area contributed by atoms with Gasteiger partial charge < -0.3 is 5.32 Å². The van der Waals surface area contributed by atoms with Crippen molar-refractivity contribution in [3.8, 4) is 0 Å². The van der Waals surface area contributed by atoms with Crippen LogP contribution in [0, 0.1) is 5.82 Å². The predicted molar refractivity (Wildman–Crippen MR) is 66.3 cm³/mol. The molecule has 1 N–H and O–H groups in total. The van der Waals surface area contributed by atoms with Crippen molar-refractivity contribution in [3.05, 3.63) is 58.6 Å². The van der Waals surface area contributed by atoms with Gasteiger partial charge in [0, 0.05) is 11.8 Å². The molecule has 1 aromatic heterocycles. The number of carbonyl (C=O) groups is 1. The summed E-state index contributed by atoms with van der Waals surface area (Å²) in [5, 5.41) is 2.68. The highest BCUT2D eigenvalue weighted by Gasteiger charge is 2.08. The molecule has 0 aliphatic carbocycles. The Morgan fingerprint density at radius 1 is 1.24 bits per heavy atom. The van der Waals surface area contributed by atoms with E-state index in [0.29, 0.717) is 15.9 Å². The van der Waals surface area contributed by atoms with Crippen LogP contribution in [0.25, 0.3) is 0 Å². The van der Waals surface area contributed by atoms with Crippen molar-refractivity contribution in [2.24, 2.45) is 0 Å². The lowest BCUT2D eigenvalue weighted by Gasteiger charge is -2.06. The Morgan fingerprint density at radius 3 is 2.59 bits per heavy atom. The lowest BCUT2D eigenvalue weighted by molar-refractivity contribution is 0.102. The van der Waals surface area contributed by atoms with E-state index in [1.807, 2.05) is 0 Å². The van der Waals surface area contributed by atoms with Crippen molar-refractivity contribution >= 4 is 27.5 Å². The summed E-state index contributed by atoms with van der Waals surface area (Å²) in [7, 11) is 0. The highest BCUT2D eigenvalue weighted by molar-refractivity contribution is 9.10. The number of hydrogen-bond acceptors (Lipinski definition) is 2. The van der Waals surface area contributed by atoms with Crippen LogP contribution in [0.3, 0.4) is 0 Å². The van der Waals surface area contributed by atoms with E-state index in [2.05, 4.69) is 26.2 Å². The highest BCUT2D eigenvalue weighted by Crippen LogP contribution is 2.19. The van der Waals surface area contributed by atoms with Crippen molar-refractivity contribution in [3.63, 3.8) is 0 Å².